The van der Waals surface area contributed by atoms with E-state index in [-0.39, 0.29) is 6.54 Å². The number of likely N-dealkylation sites (N-methyl/N-ethyl adjacent to an activating group) is 1. The normalized spacial score (nSPS) is 16.5. The monoisotopic (exact) mass is 448 g/mol. The maximum Gasteiger partial charge on any atom is 0.243 e. The highest BCUT2D eigenvalue weighted by Crippen LogP contribution is 2.22. The topological polar surface area (TPSA) is 103 Å². The fourth-order valence-electron chi connectivity index (χ4n) is 3.33. The number of hydrogen-bond donors (Lipinski definition) is 2. The van der Waals surface area contributed by atoms with Gasteiger partial charge in [-0.1, -0.05) is 18.2 Å². The molecule has 1 aromatic heterocycles. The van der Waals surface area contributed by atoms with Gasteiger partial charge in [0.15, 0.2) is 5.96 Å². The molecule has 0 saturated carbocycles. The van der Waals surface area contributed by atoms with Gasteiger partial charge >= 0.3 is 0 Å². The molecule has 0 aliphatic carbocycles. The predicted octanol–water partition coefficient (Wildman–Crippen LogP) is 1.48. The van der Waals surface area contributed by atoms with Gasteiger partial charge in [0.05, 0.1) is 23.7 Å². The second kappa shape index (κ2) is 10.3. The molecule has 0 bridgehead atoms. The molecule has 0 atom stereocenters. The first-order valence-corrected chi connectivity index (χ1v) is 12.0. The van der Waals surface area contributed by atoms with Gasteiger partial charge in [-0.2, -0.15) is 4.31 Å². The molecule has 1 saturated heterocycles. The number of oxazole rings is 1. The van der Waals surface area contributed by atoms with Gasteiger partial charge in [-0.05, 0) is 39.4 Å². The lowest BCUT2D eigenvalue weighted by Gasteiger charge is -2.32. The summed E-state index contributed by atoms with van der Waals surface area (Å²) in [6, 6.07) is 7.08. The molecule has 0 unspecified atom stereocenters. The third kappa shape index (κ3) is 5.84. The zero-order chi connectivity index (χ0) is 22.4. The average Bonchev–Trinajstić information content (AvgIpc) is 3.08. The van der Waals surface area contributed by atoms with E-state index >= 15 is 0 Å². The second-order valence-electron chi connectivity index (χ2n) is 7.61. The average molecular weight is 449 g/mol. The summed E-state index contributed by atoms with van der Waals surface area (Å²) >= 11 is 0. The Balaban J connectivity index is 1.75. The maximum absolute atomic E-state index is 13.2. The Morgan fingerprint density at radius 2 is 1.87 bits per heavy atom. The molecule has 1 aromatic carbocycles. The molecule has 2 N–H and O–H groups in total. The Labute approximate surface area is 184 Å². The number of piperazine rings is 1. The quantitative estimate of drug-likeness (QED) is 0.488. The van der Waals surface area contributed by atoms with Crippen LogP contribution in [0, 0.1) is 13.8 Å². The van der Waals surface area contributed by atoms with Crippen LogP contribution in [0.15, 0.2) is 38.6 Å². The minimum absolute atomic E-state index is 0.238. The van der Waals surface area contributed by atoms with E-state index in [9.17, 15) is 8.42 Å². The molecule has 0 amide bonds. The fourth-order valence-corrected chi connectivity index (χ4v) is 4.97. The lowest BCUT2D eigenvalue weighted by molar-refractivity contribution is 0.222. The van der Waals surface area contributed by atoms with E-state index in [0.717, 1.165) is 24.5 Å². The number of rotatable bonds is 7. The SMILES string of the molecule is CCNC(=NCc1ccccc1S(=O)(=O)N1CCN(C)CC1)NCc1nc(C)c(C)o1. The molecule has 9 nitrogen and oxygen atoms in total. The van der Waals surface area contributed by atoms with Crippen LogP contribution >= 0.6 is 0 Å². The molecule has 31 heavy (non-hydrogen) atoms. The Morgan fingerprint density at radius 3 is 2.52 bits per heavy atom. The molecule has 2 heterocycles. The number of aliphatic imine (C=N–C) groups is 1. The zero-order valence-corrected chi connectivity index (χ0v) is 19.5. The Bertz CT molecular complexity index is 990. The number of sulfonamides is 1. The van der Waals surface area contributed by atoms with Gasteiger partial charge in [-0.3, -0.25) is 0 Å². The van der Waals surface area contributed by atoms with Crippen LogP contribution in [0.1, 0.15) is 29.8 Å². The third-order valence-electron chi connectivity index (χ3n) is 5.28. The summed E-state index contributed by atoms with van der Waals surface area (Å²) in [5.74, 6) is 1.95. The van der Waals surface area contributed by atoms with Crippen LogP contribution in [0.4, 0.5) is 0 Å². The molecule has 10 heteroatoms. The Hall–Kier alpha value is -2.43. The van der Waals surface area contributed by atoms with Gasteiger partial charge in [-0.15, -0.1) is 0 Å². The Morgan fingerprint density at radius 1 is 1.16 bits per heavy atom. The van der Waals surface area contributed by atoms with Crippen molar-refractivity contribution in [3.05, 3.63) is 47.2 Å². The van der Waals surface area contributed by atoms with E-state index in [1.54, 1.807) is 16.4 Å². The van der Waals surface area contributed by atoms with Crippen molar-refractivity contribution in [1.82, 2.24) is 24.8 Å². The van der Waals surface area contributed by atoms with E-state index in [2.05, 4.69) is 25.5 Å². The molecule has 3 rings (SSSR count). The summed E-state index contributed by atoms with van der Waals surface area (Å²) in [6.07, 6.45) is 0. The van der Waals surface area contributed by atoms with E-state index in [0.29, 0.717) is 48.5 Å². The van der Waals surface area contributed by atoms with Crippen LogP contribution < -0.4 is 10.6 Å². The molecule has 0 spiro atoms. The van der Waals surface area contributed by atoms with Gasteiger partial charge in [0.1, 0.15) is 5.76 Å². The summed E-state index contributed by atoms with van der Waals surface area (Å²) in [6.45, 7) is 9.51. The summed E-state index contributed by atoms with van der Waals surface area (Å²) in [5.41, 5.74) is 1.53. The van der Waals surface area contributed by atoms with Gasteiger partial charge in [-0.25, -0.2) is 18.4 Å². The first-order valence-electron chi connectivity index (χ1n) is 10.5. The largest absolute Gasteiger partial charge is 0.444 e. The molecule has 0 radical (unpaired) electrons. The summed E-state index contributed by atoms with van der Waals surface area (Å²) < 4.78 is 33.6. The van der Waals surface area contributed by atoms with Crippen LogP contribution in [-0.4, -0.2) is 68.3 Å². The number of guanidine groups is 1. The first-order chi connectivity index (χ1) is 14.8. The summed E-state index contributed by atoms with van der Waals surface area (Å²) in [5, 5.41) is 6.37. The van der Waals surface area contributed by atoms with E-state index in [4.69, 9.17) is 4.42 Å². The van der Waals surface area contributed by atoms with Crippen LogP contribution in [-0.2, 0) is 23.1 Å². The second-order valence-corrected chi connectivity index (χ2v) is 9.52. The number of nitrogens with one attached hydrogen (secondary N) is 2. The van der Waals surface area contributed by atoms with Crippen molar-refractivity contribution < 1.29 is 12.8 Å². The molecule has 2 aromatic rings. The van der Waals surface area contributed by atoms with Crippen LogP contribution in [0.25, 0.3) is 0 Å². The standard InChI is InChI=1S/C21H32N6O3S/c1-5-22-21(24-15-20-25-16(2)17(3)30-20)23-14-18-8-6-7-9-19(18)31(28,29)27-12-10-26(4)11-13-27/h6-9H,5,10-15H2,1-4H3,(H2,22,23,24). The first kappa shape index (κ1) is 23.2. The minimum atomic E-state index is -3.56. The lowest BCUT2D eigenvalue weighted by atomic mass is 10.2. The van der Waals surface area contributed by atoms with Crippen LogP contribution in [0.5, 0.6) is 0 Å². The van der Waals surface area contributed by atoms with Crippen molar-refractivity contribution in [1.29, 1.82) is 0 Å². The highest BCUT2D eigenvalue weighted by Gasteiger charge is 2.29. The predicted molar refractivity (Wildman–Crippen MR) is 120 cm³/mol. The fraction of sp³-hybridized carbons (Fsp3) is 0.524. The van der Waals surface area contributed by atoms with Crippen molar-refractivity contribution in [3.63, 3.8) is 0 Å². The lowest BCUT2D eigenvalue weighted by Crippen LogP contribution is -2.47. The zero-order valence-electron chi connectivity index (χ0n) is 18.7. The third-order valence-corrected chi connectivity index (χ3v) is 7.28. The summed E-state index contributed by atoms with van der Waals surface area (Å²) in [4.78, 5) is 11.4. The summed E-state index contributed by atoms with van der Waals surface area (Å²) in [7, 11) is -1.56. The molecule has 1 fully saturated rings. The van der Waals surface area contributed by atoms with Gasteiger partial charge < -0.3 is 20.0 Å². The van der Waals surface area contributed by atoms with Crippen molar-refractivity contribution in [2.45, 2.75) is 38.8 Å². The molecular weight excluding hydrogens is 416 g/mol. The molecular formula is C21H32N6O3S. The molecule has 1 aliphatic rings. The number of aromatic nitrogens is 1. The minimum Gasteiger partial charge on any atom is -0.444 e. The van der Waals surface area contributed by atoms with Crippen LogP contribution in [0.3, 0.4) is 0 Å². The smallest absolute Gasteiger partial charge is 0.243 e. The van der Waals surface area contributed by atoms with Crippen molar-refractivity contribution in [3.8, 4) is 0 Å². The van der Waals surface area contributed by atoms with E-state index < -0.39 is 10.0 Å². The van der Waals surface area contributed by atoms with Crippen molar-refractivity contribution >= 4 is 16.0 Å². The number of nitrogens with zero attached hydrogens (tertiary/aromatic N) is 4. The Kier molecular flexibility index (Phi) is 7.69. The van der Waals surface area contributed by atoms with E-state index in [1.807, 2.05) is 40.0 Å². The van der Waals surface area contributed by atoms with Gasteiger partial charge in [0.25, 0.3) is 0 Å². The van der Waals surface area contributed by atoms with Gasteiger partial charge in [0, 0.05) is 32.7 Å². The molecule has 170 valence electrons. The maximum atomic E-state index is 13.2. The van der Waals surface area contributed by atoms with E-state index in [1.165, 1.54) is 0 Å². The van der Waals surface area contributed by atoms with Crippen molar-refractivity contribution in [2.24, 2.45) is 4.99 Å². The van der Waals surface area contributed by atoms with Gasteiger partial charge in [0.2, 0.25) is 15.9 Å². The number of benzene rings is 1. The highest BCUT2D eigenvalue weighted by atomic mass is 32.2. The number of aryl methyl sites for hydroxylation is 2. The molecule has 1 aliphatic heterocycles. The number of hydrogen-bond acceptors (Lipinski definition) is 6. The van der Waals surface area contributed by atoms with Crippen molar-refractivity contribution in [2.75, 3.05) is 39.8 Å². The van der Waals surface area contributed by atoms with Crippen LogP contribution in [0.2, 0.25) is 0 Å². The highest BCUT2D eigenvalue weighted by molar-refractivity contribution is 7.89.